The molecule has 0 aromatic heterocycles. The van der Waals surface area contributed by atoms with E-state index in [2.05, 4.69) is 4.90 Å². The molecule has 1 unspecified atom stereocenters. The fraction of sp³-hybridized carbons (Fsp3) is 0.500. The first-order chi connectivity index (χ1) is 8.37. The minimum atomic E-state index is -0.646. The van der Waals surface area contributed by atoms with Crippen molar-refractivity contribution in [1.29, 1.82) is 0 Å². The normalized spacial score (nSPS) is 24.4. The monoisotopic (exact) mass is 270 g/mol. The molecule has 0 bridgehead atoms. The molecule has 1 atom stereocenters. The molecular weight excluding hydrogens is 256 g/mol. The fourth-order valence-electron chi connectivity index (χ4n) is 2.19. The number of hydrogen-bond donors (Lipinski definition) is 1. The second-order valence-electron chi connectivity index (χ2n) is 4.99. The Hall–Kier alpha value is -1.17. The standard InChI is InChI=1S/C12H15ClN2O3/c1-12(16)4-5-14(8-12)7-9-2-3-10(15(17)18)6-11(9)13/h2-3,6,16H,4-5,7-8H2,1H3. The van der Waals surface area contributed by atoms with E-state index in [1.807, 2.05) is 6.92 Å². The maximum atomic E-state index is 10.6. The third-order valence-electron chi connectivity index (χ3n) is 3.17. The van der Waals surface area contributed by atoms with Gasteiger partial charge in [-0.15, -0.1) is 0 Å². The summed E-state index contributed by atoms with van der Waals surface area (Å²) in [6.07, 6.45) is 0.734. The van der Waals surface area contributed by atoms with Crippen LogP contribution in [-0.2, 0) is 6.54 Å². The molecule has 1 heterocycles. The van der Waals surface area contributed by atoms with E-state index in [1.165, 1.54) is 12.1 Å². The highest BCUT2D eigenvalue weighted by Crippen LogP contribution is 2.27. The summed E-state index contributed by atoms with van der Waals surface area (Å²) in [5, 5.41) is 20.9. The smallest absolute Gasteiger partial charge is 0.270 e. The molecule has 0 aliphatic carbocycles. The van der Waals surface area contributed by atoms with Crippen molar-refractivity contribution in [2.24, 2.45) is 0 Å². The first-order valence-electron chi connectivity index (χ1n) is 5.75. The Balaban J connectivity index is 2.09. The van der Waals surface area contributed by atoms with Gasteiger partial charge in [-0.3, -0.25) is 15.0 Å². The topological polar surface area (TPSA) is 66.6 Å². The number of rotatable bonds is 3. The van der Waals surface area contributed by atoms with E-state index in [9.17, 15) is 15.2 Å². The third kappa shape index (κ3) is 2.98. The Morgan fingerprint density at radius 3 is 2.83 bits per heavy atom. The summed E-state index contributed by atoms with van der Waals surface area (Å²) in [7, 11) is 0. The predicted molar refractivity (Wildman–Crippen MR) is 68.6 cm³/mol. The summed E-state index contributed by atoms with van der Waals surface area (Å²) in [6.45, 7) is 3.82. The maximum Gasteiger partial charge on any atom is 0.270 e. The van der Waals surface area contributed by atoms with Gasteiger partial charge in [0, 0.05) is 31.8 Å². The number of nitrogens with zero attached hydrogens (tertiary/aromatic N) is 2. The summed E-state index contributed by atoms with van der Waals surface area (Å²) in [4.78, 5) is 12.2. The van der Waals surface area contributed by atoms with Gasteiger partial charge in [-0.1, -0.05) is 11.6 Å². The summed E-state index contributed by atoms with van der Waals surface area (Å²) >= 11 is 6.03. The van der Waals surface area contributed by atoms with Crippen LogP contribution in [0.3, 0.4) is 0 Å². The second kappa shape index (κ2) is 4.84. The molecule has 1 saturated heterocycles. The maximum absolute atomic E-state index is 10.6. The van der Waals surface area contributed by atoms with Crippen molar-refractivity contribution in [2.75, 3.05) is 13.1 Å². The molecule has 0 saturated carbocycles. The van der Waals surface area contributed by atoms with Crippen molar-refractivity contribution in [1.82, 2.24) is 4.90 Å². The third-order valence-corrected chi connectivity index (χ3v) is 3.52. The van der Waals surface area contributed by atoms with Crippen LogP contribution in [0.4, 0.5) is 5.69 Å². The number of nitro groups is 1. The van der Waals surface area contributed by atoms with Crippen LogP contribution in [0.2, 0.25) is 5.02 Å². The van der Waals surface area contributed by atoms with E-state index in [-0.39, 0.29) is 5.69 Å². The van der Waals surface area contributed by atoms with Crippen LogP contribution in [0.5, 0.6) is 0 Å². The molecule has 0 radical (unpaired) electrons. The molecule has 98 valence electrons. The van der Waals surface area contributed by atoms with Gasteiger partial charge in [-0.05, 0) is 25.0 Å². The van der Waals surface area contributed by atoms with Crippen LogP contribution in [-0.4, -0.2) is 33.6 Å². The van der Waals surface area contributed by atoms with Crippen molar-refractivity contribution < 1.29 is 10.0 Å². The molecule has 0 spiro atoms. The zero-order valence-corrected chi connectivity index (χ0v) is 10.9. The minimum absolute atomic E-state index is 0.00262. The van der Waals surface area contributed by atoms with E-state index in [0.29, 0.717) is 18.1 Å². The molecule has 5 nitrogen and oxygen atoms in total. The van der Waals surface area contributed by atoms with Crippen molar-refractivity contribution >= 4 is 17.3 Å². The lowest BCUT2D eigenvalue weighted by atomic mass is 10.1. The number of likely N-dealkylation sites (tertiary alicyclic amines) is 1. The molecule has 1 aromatic rings. The zero-order valence-electron chi connectivity index (χ0n) is 10.1. The highest BCUT2D eigenvalue weighted by molar-refractivity contribution is 6.31. The number of non-ortho nitro benzene ring substituents is 1. The van der Waals surface area contributed by atoms with Gasteiger partial charge in [0.05, 0.1) is 15.5 Å². The van der Waals surface area contributed by atoms with Gasteiger partial charge in [0.1, 0.15) is 0 Å². The summed E-state index contributed by atoms with van der Waals surface area (Å²) in [5.74, 6) is 0. The minimum Gasteiger partial charge on any atom is -0.389 e. The first kappa shape index (κ1) is 13.3. The molecule has 1 aromatic carbocycles. The Bertz CT molecular complexity index is 476. The highest BCUT2D eigenvalue weighted by Gasteiger charge is 2.31. The van der Waals surface area contributed by atoms with E-state index in [4.69, 9.17) is 11.6 Å². The van der Waals surface area contributed by atoms with Gasteiger partial charge >= 0.3 is 0 Å². The van der Waals surface area contributed by atoms with Gasteiger partial charge in [-0.2, -0.15) is 0 Å². The first-order valence-corrected chi connectivity index (χ1v) is 6.13. The number of nitro benzene ring substituents is 1. The molecule has 2 rings (SSSR count). The molecule has 1 N–H and O–H groups in total. The molecule has 6 heteroatoms. The molecule has 1 aliphatic rings. The van der Waals surface area contributed by atoms with Crippen LogP contribution in [0, 0.1) is 10.1 Å². The quantitative estimate of drug-likeness (QED) is 0.675. The van der Waals surface area contributed by atoms with Crippen LogP contribution in [0.15, 0.2) is 18.2 Å². The Labute approximate surface area is 110 Å². The van der Waals surface area contributed by atoms with E-state index < -0.39 is 10.5 Å². The molecule has 1 fully saturated rings. The van der Waals surface area contributed by atoms with Gasteiger partial charge in [0.15, 0.2) is 0 Å². The van der Waals surface area contributed by atoms with Crippen molar-refractivity contribution in [3.8, 4) is 0 Å². The van der Waals surface area contributed by atoms with E-state index >= 15 is 0 Å². The summed E-state index contributed by atoms with van der Waals surface area (Å²) < 4.78 is 0. The lowest BCUT2D eigenvalue weighted by Gasteiger charge is -2.19. The molecule has 0 amide bonds. The van der Waals surface area contributed by atoms with Gasteiger partial charge in [0.2, 0.25) is 0 Å². The number of β-amino-alcohol motifs (C(OH)–C–C–N with tert-alkyl or cyclic N) is 1. The molecule has 1 aliphatic heterocycles. The van der Waals surface area contributed by atoms with Gasteiger partial charge in [-0.25, -0.2) is 0 Å². The SMILES string of the molecule is CC1(O)CCN(Cc2ccc([N+](=O)[O-])cc2Cl)C1. The van der Waals surface area contributed by atoms with Gasteiger partial charge in [0.25, 0.3) is 5.69 Å². The zero-order chi connectivity index (χ0) is 13.3. The lowest BCUT2D eigenvalue weighted by molar-refractivity contribution is -0.384. The van der Waals surface area contributed by atoms with E-state index in [1.54, 1.807) is 6.07 Å². The van der Waals surface area contributed by atoms with Crippen LogP contribution >= 0.6 is 11.6 Å². The number of benzene rings is 1. The van der Waals surface area contributed by atoms with Crippen LogP contribution in [0.1, 0.15) is 18.9 Å². The summed E-state index contributed by atoms with van der Waals surface area (Å²) in [5.41, 5.74) is 0.199. The Morgan fingerprint density at radius 1 is 1.61 bits per heavy atom. The number of halogens is 1. The van der Waals surface area contributed by atoms with Crippen molar-refractivity contribution in [3.05, 3.63) is 38.9 Å². The molecular formula is C12H15ClN2O3. The lowest BCUT2D eigenvalue weighted by Crippen LogP contribution is -2.29. The highest BCUT2D eigenvalue weighted by atomic mass is 35.5. The average Bonchev–Trinajstić information content (AvgIpc) is 2.61. The predicted octanol–water partition coefficient (Wildman–Crippen LogP) is 2.20. The van der Waals surface area contributed by atoms with Crippen molar-refractivity contribution in [3.63, 3.8) is 0 Å². The average molecular weight is 271 g/mol. The number of hydrogen-bond acceptors (Lipinski definition) is 4. The number of aliphatic hydroxyl groups is 1. The fourth-order valence-corrected chi connectivity index (χ4v) is 2.43. The van der Waals surface area contributed by atoms with Crippen LogP contribution in [0.25, 0.3) is 0 Å². The Morgan fingerprint density at radius 2 is 2.33 bits per heavy atom. The van der Waals surface area contributed by atoms with E-state index in [0.717, 1.165) is 18.5 Å². The summed E-state index contributed by atoms with van der Waals surface area (Å²) in [6, 6.07) is 4.49. The van der Waals surface area contributed by atoms with Gasteiger partial charge < -0.3 is 5.11 Å². The van der Waals surface area contributed by atoms with Crippen LogP contribution < -0.4 is 0 Å². The van der Waals surface area contributed by atoms with Crippen molar-refractivity contribution in [2.45, 2.75) is 25.5 Å². The second-order valence-corrected chi connectivity index (χ2v) is 5.40. The largest absolute Gasteiger partial charge is 0.389 e. The Kier molecular flexibility index (Phi) is 3.56. The molecule has 18 heavy (non-hydrogen) atoms.